The van der Waals surface area contributed by atoms with Gasteiger partial charge in [-0.3, -0.25) is 0 Å². The van der Waals surface area contributed by atoms with Crippen LogP contribution in [0.25, 0.3) is 5.57 Å². The number of aryl methyl sites for hydroxylation is 1. The predicted octanol–water partition coefficient (Wildman–Crippen LogP) is 3.69. The van der Waals surface area contributed by atoms with Gasteiger partial charge in [-0.05, 0) is 30.2 Å². The molecule has 0 unspecified atom stereocenters. The highest BCUT2D eigenvalue weighted by molar-refractivity contribution is 7.89. The summed E-state index contributed by atoms with van der Waals surface area (Å²) in [7, 11) is -1.34. The van der Waals surface area contributed by atoms with Crippen molar-refractivity contribution in [2.45, 2.75) is 11.8 Å². The maximum absolute atomic E-state index is 12.6. The van der Waals surface area contributed by atoms with E-state index < -0.39 is 10.8 Å². The fourth-order valence-electron chi connectivity index (χ4n) is 2.01. The molecule has 0 heterocycles. The third-order valence-electron chi connectivity index (χ3n) is 3.14. The largest absolute Gasteiger partial charge is 0.392 e. The van der Waals surface area contributed by atoms with Crippen molar-refractivity contribution in [2.75, 3.05) is 6.61 Å². The Hall–Kier alpha value is -1.97. The Balaban J connectivity index is 2.33. The highest BCUT2D eigenvalue weighted by atomic mass is 32.2. The maximum Gasteiger partial charge on any atom is 0.0849 e. The quantitative estimate of drug-likeness (QED) is 0.855. The van der Waals surface area contributed by atoms with E-state index in [0.29, 0.717) is 9.80 Å². The first kappa shape index (κ1) is 15.4. The number of aliphatic hydroxyl groups is 1. The van der Waals surface area contributed by atoms with Crippen molar-refractivity contribution in [3.63, 3.8) is 0 Å². The molecule has 1 atom stereocenters. The van der Waals surface area contributed by atoms with Crippen LogP contribution >= 0.6 is 0 Å². The first-order chi connectivity index (χ1) is 10.1. The van der Waals surface area contributed by atoms with Crippen LogP contribution in [-0.4, -0.2) is 15.9 Å². The number of hydrogen-bond acceptors (Lipinski definition) is 2. The maximum atomic E-state index is 12.6. The molecule has 0 aliphatic carbocycles. The van der Waals surface area contributed by atoms with Crippen LogP contribution in [0.5, 0.6) is 0 Å². The lowest BCUT2D eigenvalue weighted by molar-refractivity contribution is 0.343. The minimum atomic E-state index is -1.34. The van der Waals surface area contributed by atoms with Gasteiger partial charge in [0.25, 0.3) is 0 Å². The summed E-state index contributed by atoms with van der Waals surface area (Å²) in [6.45, 7) is 5.84. The van der Waals surface area contributed by atoms with E-state index in [9.17, 15) is 9.32 Å². The van der Waals surface area contributed by atoms with Crippen LogP contribution < -0.4 is 0 Å². The summed E-state index contributed by atoms with van der Waals surface area (Å²) in [5, 5.41) is 9.22. The second-order valence-electron chi connectivity index (χ2n) is 4.67. The highest BCUT2D eigenvalue weighted by Gasteiger charge is 2.14. The molecule has 0 spiro atoms. The van der Waals surface area contributed by atoms with E-state index in [-0.39, 0.29) is 6.61 Å². The van der Waals surface area contributed by atoms with Gasteiger partial charge in [0.15, 0.2) is 0 Å². The molecular weight excluding hydrogens is 280 g/mol. The van der Waals surface area contributed by atoms with Crippen LogP contribution in [0.1, 0.15) is 11.1 Å². The lowest BCUT2D eigenvalue weighted by Gasteiger charge is -2.11. The lowest BCUT2D eigenvalue weighted by atomic mass is 10.1. The van der Waals surface area contributed by atoms with Crippen molar-refractivity contribution >= 4 is 16.4 Å². The minimum absolute atomic E-state index is 0.117. The van der Waals surface area contributed by atoms with E-state index in [4.69, 9.17) is 0 Å². The Morgan fingerprint density at radius 3 is 2.33 bits per heavy atom. The second-order valence-corrected chi connectivity index (χ2v) is 6.17. The molecule has 108 valence electrons. The summed E-state index contributed by atoms with van der Waals surface area (Å²) < 4.78 is 12.6. The standard InChI is InChI=1S/C18H18O2S/c1-14-8-10-17(11-9-14)21(20)15(2)18(12-13-19)16-6-4-3-5-7-16/h3-12,19H,2,13H2,1H3/b18-12+/t21-/m1/s1. The molecule has 0 amide bonds. The summed E-state index contributed by atoms with van der Waals surface area (Å²) in [4.78, 5) is 1.21. The zero-order chi connectivity index (χ0) is 15.2. The smallest absolute Gasteiger partial charge is 0.0849 e. The molecule has 0 aliphatic rings. The van der Waals surface area contributed by atoms with E-state index in [1.807, 2.05) is 61.5 Å². The van der Waals surface area contributed by atoms with Gasteiger partial charge in [0.1, 0.15) is 0 Å². The number of allylic oxidation sites excluding steroid dienone is 1. The first-order valence-electron chi connectivity index (χ1n) is 6.67. The van der Waals surface area contributed by atoms with Gasteiger partial charge in [-0.15, -0.1) is 0 Å². The van der Waals surface area contributed by atoms with Crippen molar-refractivity contribution in [1.82, 2.24) is 0 Å². The molecule has 0 aromatic heterocycles. The lowest BCUT2D eigenvalue weighted by Crippen LogP contribution is -1.99. The van der Waals surface area contributed by atoms with Crippen LogP contribution in [0, 0.1) is 6.92 Å². The Kier molecular flexibility index (Phi) is 5.26. The fraction of sp³-hybridized carbons (Fsp3) is 0.111. The minimum Gasteiger partial charge on any atom is -0.392 e. The third-order valence-corrected chi connectivity index (χ3v) is 4.51. The van der Waals surface area contributed by atoms with Gasteiger partial charge in [0.05, 0.1) is 17.4 Å². The Morgan fingerprint density at radius 2 is 1.76 bits per heavy atom. The Bertz CT molecular complexity index is 670. The Labute approximate surface area is 127 Å². The van der Waals surface area contributed by atoms with Crippen LogP contribution in [0.2, 0.25) is 0 Å². The van der Waals surface area contributed by atoms with Crippen molar-refractivity contribution < 1.29 is 9.32 Å². The molecule has 0 aliphatic heterocycles. The van der Waals surface area contributed by atoms with Crippen LogP contribution in [0.3, 0.4) is 0 Å². The number of hydrogen-bond donors (Lipinski definition) is 1. The number of rotatable bonds is 5. The average Bonchev–Trinajstić information content (AvgIpc) is 2.53. The van der Waals surface area contributed by atoms with Gasteiger partial charge in [0.2, 0.25) is 0 Å². The molecule has 2 aromatic carbocycles. The number of benzene rings is 2. The molecule has 0 fully saturated rings. The summed E-state index contributed by atoms with van der Waals surface area (Å²) in [5.74, 6) is 0. The zero-order valence-corrected chi connectivity index (χ0v) is 12.8. The van der Waals surface area contributed by atoms with Crippen molar-refractivity contribution in [1.29, 1.82) is 0 Å². The average molecular weight is 298 g/mol. The van der Waals surface area contributed by atoms with Crippen molar-refractivity contribution in [2.24, 2.45) is 0 Å². The normalized spacial score (nSPS) is 13.0. The monoisotopic (exact) mass is 298 g/mol. The summed E-state index contributed by atoms with van der Waals surface area (Å²) in [6.07, 6.45) is 1.64. The van der Waals surface area contributed by atoms with E-state index in [1.165, 1.54) is 0 Å². The van der Waals surface area contributed by atoms with Gasteiger partial charge in [-0.25, -0.2) is 4.21 Å². The van der Waals surface area contributed by atoms with E-state index in [0.717, 1.165) is 16.7 Å². The summed E-state index contributed by atoms with van der Waals surface area (Å²) in [5.41, 5.74) is 2.74. The summed E-state index contributed by atoms with van der Waals surface area (Å²) >= 11 is 0. The molecular formula is C18H18O2S. The molecule has 0 saturated carbocycles. The molecule has 1 N–H and O–H groups in total. The fourth-order valence-corrected chi connectivity index (χ4v) is 3.07. The van der Waals surface area contributed by atoms with Crippen molar-refractivity contribution in [3.05, 3.63) is 83.3 Å². The molecule has 2 rings (SSSR count). The SMILES string of the molecule is C=C(/C(=C\CO)c1ccccc1)[S@@](=O)c1ccc(C)cc1. The topological polar surface area (TPSA) is 37.3 Å². The molecule has 0 bridgehead atoms. The van der Waals surface area contributed by atoms with Gasteiger partial charge in [0, 0.05) is 9.80 Å². The summed E-state index contributed by atoms with van der Waals surface area (Å²) in [6, 6.07) is 17.1. The second kappa shape index (κ2) is 7.16. The predicted molar refractivity (Wildman–Crippen MR) is 88.2 cm³/mol. The third kappa shape index (κ3) is 3.78. The molecule has 0 saturated heterocycles. The molecule has 21 heavy (non-hydrogen) atoms. The van der Waals surface area contributed by atoms with Crippen LogP contribution in [-0.2, 0) is 10.8 Å². The van der Waals surface area contributed by atoms with E-state index >= 15 is 0 Å². The first-order valence-corrected chi connectivity index (χ1v) is 7.82. The van der Waals surface area contributed by atoms with Gasteiger partial charge >= 0.3 is 0 Å². The zero-order valence-electron chi connectivity index (χ0n) is 12.0. The molecule has 2 nitrogen and oxygen atoms in total. The molecule has 3 heteroatoms. The van der Waals surface area contributed by atoms with Crippen LogP contribution in [0.4, 0.5) is 0 Å². The number of aliphatic hydroxyl groups excluding tert-OH is 1. The van der Waals surface area contributed by atoms with E-state index in [1.54, 1.807) is 6.08 Å². The van der Waals surface area contributed by atoms with E-state index in [2.05, 4.69) is 6.58 Å². The molecule has 2 aromatic rings. The van der Waals surface area contributed by atoms with Gasteiger partial charge < -0.3 is 5.11 Å². The van der Waals surface area contributed by atoms with Crippen LogP contribution in [0.15, 0.2) is 77.1 Å². The highest BCUT2D eigenvalue weighted by Crippen LogP contribution is 2.27. The van der Waals surface area contributed by atoms with Gasteiger partial charge in [-0.2, -0.15) is 0 Å². The molecule has 0 radical (unpaired) electrons. The van der Waals surface area contributed by atoms with Crippen molar-refractivity contribution in [3.8, 4) is 0 Å². The Morgan fingerprint density at radius 1 is 1.14 bits per heavy atom. The van der Waals surface area contributed by atoms with Gasteiger partial charge in [-0.1, -0.05) is 60.7 Å².